The molecule has 2 aromatic heterocycles. The molecule has 0 aliphatic carbocycles. The van der Waals surface area contributed by atoms with E-state index in [1.165, 1.54) is 17.1 Å². The maximum absolute atomic E-state index is 13.2. The molecule has 0 aliphatic heterocycles. The lowest BCUT2D eigenvalue weighted by atomic mass is 10.00. The number of hydrogen-bond acceptors (Lipinski definition) is 9. The molecule has 45 heavy (non-hydrogen) atoms. The molecule has 4 N–H and O–H groups in total. The largest absolute Gasteiger partial charge is 0.439 e. The molecular weight excluding hydrogens is 598 g/mol. The molecule has 2 heterocycles. The predicted molar refractivity (Wildman–Crippen MR) is 166 cm³/mol. The lowest BCUT2D eigenvalue weighted by Crippen LogP contribution is -2.29. The first-order chi connectivity index (χ1) is 21.8. The molecule has 0 saturated heterocycles. The van der Waals surface area contributed by atoms with E-state index >= 15 is 0 Å². The highest BCUT2D eigenvalue weighted by molar-refractivity contribution is 6.30. The highest BCUT2D eigenvalue weighted by Gasteiger charge is 2.18. The van der Waals surface area contributed by atoms with Crippen molar-refractivity contribution in [2.75, 3.05) is 11.9 Å². The molecule has 5 rings (SSSR count). The Bertz CT molecular complexity index is 1820. The molecule has 0 bridgehead atoms. The lowest BCUT2D eigenvalue weighted by molar-refractivity contribution is -0.120. The average Bonchev–Trinajstić information content (AvgIpc) is 3.58. The third-order valence-corrected chi connectivity index (χ3v) is 6.67. The molecule has 14 heteroatoms. The minimum absolute atomic E-state index is 0.357. The molecule has 0 fully saturated rings. The van der Waals surface area contributed by atoms with E-state index in [-0.39, 0.29) is 5.91 Å². The van der Waals surface area contributed by atoms with E-state index in [1.54, 1.807) is 54.7 Å². The van der Waals surface area contributed by atoms with Crippen molar-refractivity contribution < 1.29 is 19.1 Å². The SMILES string of the molecule is NC(=O)COC(=O)Nc1ccc(-c2cnnc(C(Cc3ccccc3)NC(=O)/C=C/c3cc(Cl)ccc3-n3cnnn3)c2)cc1. The Balaban J connectivity index is 1.35. The zero-order valence-corrected chi connectivity index (χ0v) is 24.3. The van der Waals surface area contributed by atoms with Gasteiger partial charge >= 0.3 is 6.09 Å². The van der Waals surface area contributed by atoms with Crippen molar-refractivity contribution in [2.24, 2.45) is 5.73 Å². The number of amides is 3. The highest BCUT2D eigenvalue weighted by Crippen LogP contribution is 2.25. The predicted octanol–water partition coefficient (Wildman–Crippen LogP) is 3.92. The molecule has 1 atom stereocenters. The fourth-order valence-electron chi connectivity index (χ4n) is 4.35. The Morgan fingerprint density at radius 3 is 2.51 bits per heavy atom. The topological polar surface area (TPSA) is 180 Å². The molecule has 0 aliphatic rings. The van der Waals surface area contributed by atoms with Crippen LogP contribution >= 0.6 is 11.6 Å². The summed E-state index contributed by atoms with van der Waals surface area (Å²) < 4.78 is 6.20. The third-order valence-electron chi connectivity index (χ3n) is 6.44. The fraction of sp³-hybridized carbons (Fsp3) is 0.0968. The number of tetrazole rings is 1. The normalized spacial score (nSPS) is 11.6. The quantitative estimate of drug-likeness (QED) is 0.184. The van der Waals surface area contributed by atoms with Crippen LogP contribution in [-0.4, -0.2) is 54.9 Å². The van der Waals surface area contributed by atoms with E-state index < -0.39 is 24.6 Å². The van der Waals surface area contributed by atoms with Crippen molar-refractivity contribution in [3.63, 3.8) is 0 Å². The highest BCUT2D eigenvalue weighted by atomic mass is 35.5. The molecule has 226 valence electrons. The summed E-state index contributed by atoms with van der Waals surface area (Å²) in [6.07, 6.45) is 5.77. The summed E-state index contributed by atoms with van der Waals surface area (Å²) in [5.74, 6) is -1.11. The second kappa shape index (κ2) is 14.5. The van der Waals surface area contributed by atoms with E-state index in [0.29, 0.717) is 34.1 Å². The second-order valence-electron chi connectivity index (χ2n) is 9.66. The van der Waals surface area contributed by atoms with Crippen LogP contribution in [0.25, 0.3) is 22.9 Å². The number of carbonyl (C=O) groups excluding carboxylic acids is 3. The van der Waals surface area contributed by atoms with Crippen molar-refractivity contribution in [2.45, 2.75) is 12.5 Å². The van der Waals surface area contributed by atoms with Gasteiger partial charge in [0.2, 0.25) is 5.91 Å². The molecule has 0 saturated carbocycles. The van der Waals surface area contributed by atoms with Crippen molar-refractivity contribution in [3.8, 4) is 16.8 Å². The van der Waals surface area contributed by atoms with Gasteiger partial charge in [0.1, 0.15) is 6.33 Å². The monoisotopic (exact) mass is 623 g/mol. The van der Waals surface area contributed by atoms with Gasteiger partial charge in [0.15, 0.2) is 6.61 Å². The minimum atomic E-state index is -0.801. The Kier molecular flexibility index (Phi) is 9.82. The van der Waals surface area contributed by atoms with Crippen LogP contribution < -0.4 is 16.4 Å². The molecular formula is C31H26ClN9O4. The van der Waals surface area contributed by atoms with Gasteiger partial charge in [-0.25, -0.2) is 4.79 Å². The molecule has 0 spiro atoms. The van der Waals surface area contributed by atoms with Crippen LogP contribution in [0, 0.1) is 0 Å². The number of rotatable bonds is 11. The fourth-order valence-corrected chi connectivity index (χ4v) is 4.53. The van der Waals surface area contributed by atoms with Crippen molar-refractivity contribution in [3.05, 3.63) is 119 Å². The summed E-state index contributed by atoms with van der Waals surface area (Å²) in [5.41, 5.74) is 9.83. The van der Waals surface area contributed by atoms with Crippen LogP contribution in [0.4, 0.5) is 10.5 Å². The van der Waals surface area contributed by atoms with Crippen molar-refractivity contribution in [1.29, 1.82) is 0 Å². The van der Waals surface area contributed by atoms with Crippen LogP contribution in [0.15, 0.2) is 97.5 Å². The number of nitrogens with two attached hydrogens (primary N) is 1. The van der Waals surface area contributed by atoms with Gasteiger partial charge in [-0.05, 0) is 70.4 Å². The van der Waals surface area contributed by atoms with Crippen molar-refractivity contribution in [1.82, 2.24) is 35.7 Å². The first kappa shape index (κ1) is 30.5. The summed E-state index contributed by atoms with van der Waals surface area (Å²) in [6, 6.07) is 23.1. The van der Waals surface area contributed by atoms with Gasteiger partial charge in [0.25, 0.3) is 5.91 Å². The molecule has 3 amide bonds. The van der Waals surface area contributed by atoms with Gasteiger partial charge < -0.3 is 15.8 Å². The lowest BCUT2D eigenvalue weighted by Gasteiger charge is -2.18. The number of carbonyl (C=O) groups is 3. The Morgan fingerprint density at radius 1 is 0.978 bits per heavy atom. The standard InChI is InChI=1S/C31H26ClN9O4/c32-24-9-12-28(41-19-35-39-40-41)22(15-24)8-13-30(43)37-26(14-20-4-2-1-3-5-20)27-16-23(17-34-38-27)21-6-10-25(11-7-21)36-31(44)45-18-29(33)42/h1-13,15-17,19,26H,14,18H2,(H2,33,42)(H,36,44)(H,37,43)/b13-8+. The van der Waals surface area contributed by atoms with Crippen molar-refractivity contribution >= 4 is 41.3 Å². The van der Waals surface area contributed by atoms with E-state index in [9.17, 15) is 14.4 Å². The molecule has 1 unspecified atom stereocenters. The summed E-state index contributed by atoms with van der Waals surface area (Å²) in [7, 11) is 0. The van der Waals surface area contributed by atoms with Crippen LogP contribution in [0.5, 0.6) is 0 Å². The number of nitrogens with zero attached hydrogens (tertiary/aromatic N) is 6. The molecule has 13 nitrogen and oxygen atoms in total. The number of hydrogen-bond donors (Lipinski definition) is 3. The van der Waals surface area contributed by atoms with Gasteiger partial charge in [0, 0.05) is 27.9 Å². The Labute approximate surface area is 262 Å². The van der Waals surface area contributed by atoms with E-state index in [4.69, 9.17) is 22.1 Å². The van der Waals surface area contributed by atoms with Gasteiger partial charge in [-0.15, -0.1) is 5.10 Å². The Hall–Kier alpha value is -5.95. The summed E-state index contributed by atoms with van der Waals surface area (Å²) in [4.78, 5) is 35.9. The first-order valence-electron chi connectivity index (χ1n) is 13.5. The minimum Gasteiger partial charge on any atom is -0.439 e. The summed E-state index contributed by atoms with van der Waals surface area (Å²) in [5, 5.41) is 25.9. The van der Waals surface area contributed by atoms with Crippen LogP contribution in [0.1, 0.15) is 22.9 Å². The maximum atomic E-state index is 13.2. The molecule has 5 aromatic rings. The number of nitrogens with one attached hydrogen (secondary N) is 2. The number of benzene rings is 3. The van der Waals surface area contributed by atoms with Crippen LogP contribution in [-0.2, 0) is 20.7 Å². The third kappa shape index (κ3) is 8.55. The first-order valence-corrected chi connectivity index (χ1v) is 13.9. The maximum Gasteiger partial charge on any atom is 0.412 e. The number of anilines is 1. The number of aromatic nitrogens is 6. The zero-order chi connectivity index (χ0) is 31.6. The van der Waals surface area contributed by atoms with E-state index in [0.717, 1.165) is 16.7 Å². The van der Waals surface area contributed by atoms with Gasteiger partial charge in [-0.1, -0.05) is 54.1 Å². The van der Waals surface area contributed by atoms with Gasteiger partial charge in [0.05, 0.1) is 23.6 Å². The smallest absolute Gasteiger partial charge is 0.412 e. The Morgan fingerprint density at radius 2 is 1.78 bits per heavy atom. The summed E-state index contributed by atoms with van der Waals surface area (Å²) >= 11 is 6.22. The van der Waals surface area contributed by atoms with E-state index in [1.807, 2.05) is 36.4 Å². The molecule has 3 aromatic carbocycles. The van der Waals surface area contributed by atoms with Gasteiger partial charge in [-0.2, -0.15) is 14.9 Å². The number of primary amides is 1. The second-order valence-corrected chi connectivity index (χ2v) is 10.1. The van der Waals surface area contributed by atoms with Crippen LogP contribution in [0.2, 0.25) is 5.02 Å². The van der Waals surface area contributed by atoms with Crippen LogP contribution in [0.3, 0.4) is 0 Å². The van der Waals surface area contributed by atoms with E-state index in [2.05, 4.69) is 36.4 Å². The van der Waals surface area contributed by atoms with Gasteiger partial charge in [-0.3, -0.25) is 14.9 Å². The zero-order valence-electron chi connectivity index (χ0n) is 23.6. The number of ether oxygens (including phenoxy) is 1. The summed E-state index contributed by atoms with van der Waals surface area (Å²) in [6.45, 7) is -0.520. The average molecular weight is 624 g/mol. The number of halogens is 1. The molecule has 0 radical (unpaired) electrons.